The fourth-order valence-corrected chi connectivity index (χ4v) is 3.15. The Morgan fingerprint density at radius 2 is 1.78 bits per heavy atom. The van der Waals surface area contributed by atoms with Crippen LogP contribution < -0.4 is 9.47 Å². The third-order valence-corrected chi connectivity index (χ3v) is 4.93. The maximum Gasteiger partial charge on any atom is 0.345 e. The number of halogens is 2. The smallest absolute Gasteiger partial charge is 0.345 e. The Hall–Kier alpha value is -3.86. The van der Waals surface area contributed by atoms with Gasteiger partial charge in [-0.05, 0) is 47.5 Å². The number of nitro benzene ring substituents is 1. The monoisotopic (exact) mass is 468 g/mol. The summed E-state index contributed by atoms with van der Waals surface area (Å²) in [4.78, 5) is 22.7. The molecule has 0 bridgehead atoms. The summed E-state index contributed by atoms with van der Waals surface area (Å²) < 4.78 is 10.7. The van der Waals surface area contributed by atoms with E-state index in [0.29, 0.717) is 21.7 Å². The number of nitriles is 1. The fraction of sp³-hybridized carbons (Fsp3) is 0.0435. The van der Waals surface area contributed by atoms with Gasteiger partial charge in [-0.2, -0.15) is 5.26 Å². The molecule has 0 heterocycles. The van der Waals surface area contributed by atoms with Gasteiger partial charge in [0.2, 0.25) is 0 Å². The normalized spacial score (nSPS) is 10.9. The molecule has 160 valence electrons. The summed E-state index contributed by atoms with van der Waals surface area (Å²) in [6, 6.07) is 17.2. The van der Waals surface area contributed by atoms with Crippen molar-refractivity contribution < 1.29 is 19.2 Å². The number of methoxy groups -OCH3 is 1. The maximum absolute atomic E-state index is 12.5. The highest BCUT2D eigenvalue weighted by Gasteiger charge is 2.18. The molecule has 0 spiro atoms. The summed E-state index contributed by atoms with van der Waals surface area (Å²) in [7, 11) is 1.41. The van der Waals surface area contributed by atoms with Gasteiger partial charge in [-0.25, -0.2) is 4.79 Å². The summed E-state index contributed by atoms with van der Waals surface area (Å²) in [6.45, 7) is 0. The Kier molecular flexibility index (Phi) is 7.11. The van der Waals surface area contributed by atoms with Gasteiger partial charge in [0.1, 0.15) is 0 Å². The van der Waals surface area contributed by atoms with Gasteiger partial charge in [-0.15, -0.1) is 0 Å². The Balaban J connectivity index is 1.87. The lowest BCUT2D eigenvalue weighted by Gasteiger charge is -2.11. The first-order chi connectivity index (χ1) is 15.3. The van der Waals surface area contributed by atoms with E-state index in [1.165, 1.54) is 19.2 Å². The van der Waals surface area contributed by atoms with Gasteiger partial charge < -0.3 is 9.47 Å². The van der Waals surface area contributed by atoms with E-state index >= 15 is 0 Å². The van der Waals surface area contributed by atoms with Crippen LogP contribution in [0.4, 0.5) is 5.69 Å². The molecular formula is C23H14Cl2N2O5. The van der Waals surface area contributed by atoms with Gasteiger partial charge in [0.15, 0.2) is 11.5 Å². The number of carbonyl (C=O) groups is 1. The van der Waals surface area contributed by atoms with Gasteiger partial charge in [-0.1, -0.05) is 41.4 Å². The van der Waals surface area contributed by atoms with E-state index in [1.54, 1.807) is 42.5 Å². The summed E-state index contributed by atoms with van der Waals surface area (Å²) in [5, 5.41) is 20.8. The molecule has 0 saturated carbocycles. The molecule has 0 N–H and O–H groups in total. The molecule has 3 aromatic rings. The third kappa shape index (κ3) is 5.24. The van der Waals surface area contributed by atoms with E-state index in [9.17, 15) is 20.2 Å². The van der Waals surface area contributed by atoms with E-state index in [-0.39, 0.29) is 27.8 Å². The maximum atomic E-state index is 12.5. The molecule has 7 nitrogen and oxygen atoms in total. The van der Waals surface area contributed by atoms with Crippen molar-refractivity contribution in [1.82, 2.24) is 0 Å². The zero-order valence-corrected chi connectivity index (χ0v) is 18.1. The quantitative estimate of drug-likeness (QED) is 0.106. The van der Waals surface area contributed by atoms with Gasteiger partial charge >= 0.3 is 5.97 Å². The Bertz CT molecular complexity index is 1260. The summed E-state index contributed by atoms with van der Waals surface area (Å²) in [6.07, 6.45) is 1.66. The summed E-state index contributed by atoms with van der Waals surface area (Å²) in [5.74, 6) is -0.432. The van der Waals surface area contributed by atoms with Crippen molar-refractivity contribution in [2.24, 2.45) is 0 Å². The lowest BCUT2D eigenvalue weighted by atomic mass is 10.0. The van der Waals surface area contributed by atoms with E-state index in [4.69, 9.17) is 32.7 Å². The van der Waals surface area contributed by atoms with Crippen LogP contribution in [-0.4, -0.2) is 18.0 Å². The van der Waals surface area contributed by atoms with Crippen LogP contribution in [0.5, 0.6) is 11.5 Å². The summed E-state index contributed by atoms with van der Waals surface area (Å²) >= 11 is 11.9. The van der Waals surface area contributed by atoms with Gasteiger partial charge in [0, 0.05) is 17.2 Å². The lowest BCUT2D eigenvalue weighted by Crippen LogP contribution is -2.10. The van der Waals surface area contributed by atoms with E-state index in [1.807, 2.05) is 0 Å². The molecular weight excluding hydrogens is 455 g/mol. The molecule has 3 rings (SSSR count). The van der Waals surface area contributed by atoms with E-state index < -0.39 is 10.9 Å². The van der Waals surface area contributed by atoms with Crippen molar-refractivity contribution in [3.63, 3.8) is 0 Å². The molecule has 0 atom stereocenters. The van der Waals surface area contributed by atoms with Crippen LogP contribution >= 0.6 is 23.2 Å². The topological polar surface area (TPSA) is 102 Å². The minimum absolute atomic E-state index is 0.0298. The minimum Gasteiger partial charge on any atom is -0.493 e. The highest BCUT2D eigenvalue weighted by Crippen LogP contribution is 2.32. The van der Waals surface area contributed by atoms with Crippen LogP contribution in [0.25, 0.3) is 11.6 Å². The Labute approximate surface area is 193 Å². The zero-order chi connectivity index (χ0) is 23.3. The van der Waals surface area contributed by atoms with E-state index in [0.717, 1.165) is 12.1 Å². The number of hydrogen-bond donors (Lipinski definition) is 0. The molecule has 0 aliphatic heterocycles. The first-order valence-corrected chi connectivity index (χ1v) is 9.80. The SMILES string of the molecule is COc1cc(C=C(C#N)c2ccc(Cl)cc2)ccc1OC(=O)c1ccc([N+](=O)[O-])cc1Cl. The number of esters is 1. The number of allylic oxidation sites excluding steroid dienone is 1. The number of non-ortho nitro benzene ring substituents is 1. The van der Waals surface area contributed by atoms with Crippen LogP contribution in [0, 0.1) is 21.4 Å². The molecule has 0 saturated heterocycles. The van der Waals surface area contributed by atoms with Crippen LogP contribution in [0.1, 0.15) is 21.5 Å². The van der Waals surface area contributed by atoms with Crippen molar-refractivity contribution in [3.8, 4) is 17.6 Å². The van der Waals surface area contributed by atoms with Gasteiger partial charge in [0.25, 0.3) is 5.69 Å². The highest BCUT2D eigenvalue weighted by atomic mass is 35.5. The van der Waals surface area contributed by atoms with Crippen LogP contribution in [0.15, 0.2) is 60.7 Å². The molecule has 0 aliphatic rings. The molecule has 0 radical (unpaired) electrons. The predicted molar refractivity (Wildman–Crippen MR) is 121 cm³/mol. The number of nitro groups is 1. The molecule has 32 heavy (non-hydrogen) atoms. The molecule has 9 heteroatoms. The molecule has 0 amide bonds. The number of benzene rings is 3. The molecule has 0 fully saturated rings. The standard InChI is InChI=1S/C23H14Cl2N2O5/c1-31-22-11-14(10-16(13-26)15-3-5-17(24)6-4-15)2-9-21(22)32-23(28)19-8-7-18(27(29)30)12-20(19)25/h2-12H,1H3. The molecule has 0 aromatic heterocycles. The average Bonchev–Trinajstić information content (AvgIpc) is 2.78. The number of carbonyl (C=O) groups excluding carboxylic acids is 1. The van der Waals surface area contributed by atoms with Crippen molar-refractivity contribution in [1.29, 1.82) is 5.26 Å². The lowest BCUT2D eigenvalue weighted by molar-refractivity contribution is -0.384. The second kappa shape index (κ2) is 9.96. The second-order valence-electron chi connectivity index (χ2n) is 6.40. The van der Waals surface area contributed by atoms with Crippen molar-refractivity contribution in [2.75, 3.05) is 7.11 Å². The van der Waals surface area contributed by atoms with Crippen molar-refractivity contribution in [2.45, 2.75) is 0 Å². The van der Waals surface area contributed by atoms with Gasteiger partial charge in [-0.3, -0.25) is 10.1 Å². The predicted octanol–water partition coefficient (Wildman–Crippen LogP) is 6.19. The van der Waals surface area contributed by atoms with Crippen molar-refractivity contribution >= 4 is 46.5 Å². The van der Waals surface area contributed by atoms with E-state index in [2.05, 4.69) is 6.07 Å². The molecule has 0 aliphatic carbocycles. The van der Waals surface area contributed by atoms with Crippen LogP contribution in [0.2, 0.25) is 10.0 Å². The fourth-order valence-electron chi connectivity index (χ4n) is 2.77. The van der Waals surface area contributed by atoms with Gasteiger partial charge in [0.05, 0.1) is 34.3 Å². The molecule has 3 aromatic carbocycles. The second-order valence-corrected chi connectivity index (χ2v) is 7.24. The number of ether oxygens (including phenoxy) is 2. The third-order valence-electron chi connectivity index (χ3n) is 4.36. The number of rotatable bonds is 6. The number of hydrogen-bond acceptors (Lipinski definition) is 6. The Morgan fingerprint density at radius 3 is 2.38 bits per heavy atom. The zero-order valence-electron chi connectivity index (χ0n) is 16.5. The highest BCUT2D eigenvalue weighted by molar-refractivity contribution is 6.33. The molecule has 0 unspecified atom stereocenters. The average molecular weight is 469 g/mol. The number of nitrogens with zero attached hydrogens (tertiary/aromatic N) is 2. The first kappa shape index (κ1) is 22.8. The minimum atomic E-state index is -0.801. The van der Waals surface area contributed by atoms with Crippen LogP contribution in [0.3, 0.4) is 0 Å². The summed E-state index contributed by atoms with van der Waals surface area (Å²) in [5.41, 5.74) is 1.47. The first-order valence-electron chi connectivity index (χ1n) is 9.04. The van der Waals surface area contributed by atoms with Crippen LogP contribution in [-0.2, 0) is 0 Å². The largest absolute Gasteiger partial charge is 0.493 e. The Morgan fingerprint density at radius 1 is 1.06 bits per heavy atom. The van der Waals surface area contributed by atoms with Crippen molar-refractivity contribution in [3.05, 3.63) is 97.5 Å².